The number of piperidine rings is 1. The number of aromatic nitrogens is 2. The molecule has 1 aliphatic heterocycles. The van der Waals surface area contributed by atoms with Crippen molar-refractivity contribution in [3.8, 4) is 17.6 Å². The van der Waals surface area contributed by atoms with Crippen LogP contribution in [0.3, 0.4) is 0 Å². The second-order valence-electron chi connectivity index (χ2n) is 10.6. The fraction of sp³-hybridized carbons (Fsp3) is 0.448. The molecule has 3 aromatic rings. The lowest BCUT2D eigenvalue weighted by Crippen LogP contribution is -2.51. The fourth-order valence-electron chi connectivity index (χ4n) is 4.42. The third-order valence-corrected chi connectivity index (χ3v) is 7.90. The molecule has 4 rings (SSSR count). The standard InChI is InChI=1S/C29H33F4N5O3S2/c1-28(2,3)41-27(39)37-15-13-20(19(30)17-37)35-25-10-6-9-23-26(43-29(31,32)33)22(36-38(23)25)8-7-14-34-21-12-11-18(42-5)16-24(21)40-4/h6,9-12,16,19-20,34-35H,13-15,17H2,1-5H3. The van der Waals surface area contributed by atoms with Crippen LogP contribution in [-0.2, 0) is 4.74 Å². The number of carbonyl (C=O) groups is 1. The lowest BCUT2D eigenvalue weighted by Gasteiger charge is -2.36. The molecule has 1 amide bonds. The Bertz CT molecular complexity index is 1510. The zero-order valence-electron chi connectivity index (χ0n) is 24.3. The topological polar surface area (TPSA) is 80.1 Å². The van der Waals surface area contributed by atoms with Crippen LogP contribution in [0.4, 0.5) is 33.9 Å². The molecule has 3 heterocycles. The Balaban J connectivity index is 1.54. The summed E-state index contributed by atoms with van der Waals surface area (Å²) < 4.78 is 67.9. The van der Waals surface area contributed by atoms with E-state index in [4.69, 9.17) is 9.47 Å². The highest BCUT2D eigenvalue weighted by molar-refractivity contribution is 8.00. The third-order valence-electron chi connectivity index (χ3n) is 6.34. The molecule has 1 fully saturated rings. The summed E-state index contributed by atoms with van der Waals surface area (Å²) in [4.78, 5) is 14.6. The normalized spacial score (nSPS) is 17.3. The molecule has 8 nitrogen and oxygen atoms in total. The number of anilines is 2. The fourth-order valence-corrected chi connectivity index (χ4v) is 5.52. The van der Waals surface area contributed by atoms with Crippen molar-refractivity contribution in [1.82, 2.24) is 14.5 Å². The molecule has 0 aliphatic carbocycles. The summed E-state index contributed by atoms with van der Waals surface area (Å²) in [7, 11) is 1.55. The second-order valence-corrected chi connectivity index (χ2v) is 12.6. The number of carbonyl (C=O) groups excluding carboxylic acids is 1. The molecule has 0 spiro atoms. The molecule has 2 N–H and O–H groups in total. The highest BCUT2D eigenvalue weighted by Crippen LogP contribution is 2.41. The van der Waals surface area contributed by atoms with Gasteiger partial charge in [0.05, 0.1) is 42.3 Å². The Morgan fingerprint density at radius 2 is 1.98 bits per heavy atom. The molecule has 1 aliphatic rings. The SMILES string of the molecule is COc1cc(SC)ccc1NCC#Cc1nn2c(NC3CCN(C(=O)OC(C)(C)C)CC3F)cccc2c1SC(F)(F)F. The average molecular weight is 640 g/mol. The minimum absolute atomic E-state index is 0.0559. The van der Waals surface area contributed by atoms with E-state index in [1.54, 1.807) is 51.8 Å². The molecule has 0 saturated carbocycles. The smallest absolute Gasteiger partial charge is 0.446 e. The van der Waals surface area contributed by atoms with Crippen molar-refractivity contribution in [2.75, 3.05) is 43.6 Å². The zero-order valence-corrected chi connectivity index (χ0v) is 26.0. The van der Waals surface area contributed by atoms with Gasteiger partial charge in [-0.25, -0.2) is 13.7 Å². The largest absolute Gasteiger partial charge is 0.495 e. The van der Waals surface area contributed by atoms with E-state index in [9.17, 15) is 18.0 Å². The van der Waals surface area contributed by atoms with Gasteiger partial charge in [0.2, 0.25) is 0 Å². The van der Waals surface area contributed by atoms with Crippen LogP contribution in [0.25, 0.3) is 5.52 Å². The number of halogens is 4. The minimum Gasteiger partial charge on any atom is -0.495 e. The highest BCUT2D eigenvalue weighted by Gasteiger charge is 2.35. The van der Waals surface area contributed by atoms with Gasteiger partial charge in [0.25, 0.3) is 0 Å². The van der Waals surface area contributed by atoms with Crippen LogP contribution in [0.2, 0.25) is 0 Å². The first-order valence-electron chi connectivity index (χ1n) is 13.4. The van der Waals surface area contributed by atoms with Gasteiger partial charge in [-0.05, 0) is 81.5 Å². The van der Waals surface area contributed by atoms with Crippen LogP contribution < -0.4 is 15.4 Å². The first-order chi connectivity index (χ1) is 20.3. The van der Waals surface area contributed by atoms with Crippen LogP contribution in [-0.4, -0.2) is 76.9 Å². The Morgan fingerprint density at radius 1 is 1.21 bits per heavy atom. The van der Waals surface area contributed by atoms with Crippen LogP contribution in [0.15, 0.2) is 46.2 Å². The lowest BCUT2D eigenvalue weighted by atomic mass is 10.0. The van der Waals surface area contributed by atoms with Crippen molar-refractivity contribution in [1.29, 1.82) is 0 Å². The number of nitrogens with zero attached hydrogens (tertiary/aromatic N) is 3. The van der Waals surface area contributed by atoms with E-state index in [1.165, 1.54) is 15.5 Å². The van der Waals surface area contributed by atoms with Crippen LogP contribution in [0.1, 0.15) is 32.9 Å². The summed E-state index contributed by atoms with van der Waals surface area (Å²) in [5.41, 5.74) is -4.46. The van der Waals surface area contributed by atoms with Gasteiger partial charge in [-0.3, -0.25) is 0 Å². The summed E-state index contributed by atoms with van der Waals surface area (Å²) in [5, 5.41) is 10.6. The number of rotatable bonds is 7. The summed E-state index contributed by atoms with van der Waals surface area (Å²) in [6, 6.07) is 9.63. The third kappa shape index (κ3) is 8.57. The molecule has 232 valence electrons. The van der Waals surface area contributed by atoms with Crippen molar-refractivity contribution in [2.24, 2.45) is 0 Å². The van der Waals surface area contributed by atoms with Gasteiger partial charge in [-0.1, -0.05) is 12.0 Å². The van der Waals surface area contributed by atoms with Gasteiger partial charge in [-0.2, -0.15) is 18.3 Å². The summed E-state index contributed by atoms with van der Waals surface area (Å²) in [5.74, 6) is 6.54. The Hall–Kier alpha value is -3.44. The van der Waals surface area contributed by atoms with Gasteiger partial charge in [-0.15, -0.1) is 11.8 Å². The van der Waals surface area contributed by atoms with Crippen LogP contribution >= 0.6 is 23.5 Å². The number of hydrogen-bond acceptors (Lipinski definition) is 8. The number of amides is 1. The van der Waals surface area contributed by atoms with E-state index in [1.807, 2.05) is 24.5 Å². The van der Waals surface area contributed by atoms with Crippen LogP contribution in [0.5, 0.6) is 5.75 Å². The van der Waals surface area contributed by atoms with E-state index in [2.05, 4.69) is 27.6 Å². The van der Waals surface area contributed by atoms with Crippen LogP contribution in [0, 0.1) is 11.8 Å². The van der Waals surface area contributed by atoms with E-state index in [-0.39, 0.29) is 53.9 Å². The van der Waals surface area contributed by atoms with Crippen molar-refractivity contribution < 1.29 is 31.8 Å². The number of benzene rings is 1. The maximum atomic E-state index is 15.2. The monoisotopic (exact) mass is 639 g/mol. The molecular weight excluding hydrogens is 606 g/mol. The van der Waals surface area contributed by atoms with Crippen molar-refractivity contribution in [3.05, 3.63) is 42.1 Å². The first kappa shape index (κ1) is 32.5. The van der Waals surface area contributed by atoms with E-state index in [0.29, 0.717) is 17.3 Å². The van der Waals surface area contributed by atoms with Crippen molar-refractivity contribution in [3.63, 3.8) is 0 Å². The zero-order chi connectivity index (χ0) is 31.4. The molecule has 2 aromatic heterocycles. The number of pyridine rings is 1. The van der Waals surface area contributed by atoms with E-state index in [0.717, 1.165) is 4.90 Å². The van der Waals surface area contributed by atoms with Gasteiger partial charge in [0.15, 0.2) is 0 Å². The molecule has 0 bridgehead atoms. The number of nitrogens with one attached hydrogen (secondary N) is 2. The number of fused-ring (bicyclic) bond motifs is 1. The van der Waals surface area contributed by atoms with Crippen molar-refractivity contribution >= 4 is 46.6 Å². The Kier molecular flexibility index (Phi) is 10.2. The average Bonchev–Trinajstić information content (AvgIpc) is 3.27. The Morgan fingerprint density at radius 3 is 2.63 bits per heavy atom. The molecule has 43 heavy (non-hydrogen) atoms. The summed E-state index contributed by atoms with van der Waals surface area (Å²) in [6.07, 6.45) is 0.181. The Labute approximate surface area is 256 Å². The molecule has 14 heteroatoms. The highest BCUT2D eigenvalue weighted by atomic mass is 32.2. The first-order valence-corrected chi connectivity index (χ1v) is 15.4. The van der Waals surface area contributed by atoms with E-state index >= 15 is 4.39 Å². The quantitative estimate of drug-likeness (QED) is 0.164. The maximum absolute atomic E-state index is 15.2. The molecular formula is C29H33F4N5O3S2. The number of likely N-dealkylation sites (tertiary alicyclic amines) is 1. The number of alkyl halides is 4. The predicted molar refractivity (Wildman–Crippen MR) is 162 cm³/mol. The minimum atomic E-state index is -4.58. The lowest BCUT2D eigenvalue weighted by molar-refractivity contribution is -0.0328. The number of methoxy groups -OCH3 is 1. The molecule has 0 radical (unpaired) electrons. The number of ether oxygens (including phenoxy) is 2. The number of hydrogen-bond donors (Lipinski definition) is 2. The van der Waals surface area contributed by atoms with Crippen molar-refractivity contribution in [2.45, 2.75) is 60.3 Å². The van der Waals surface area contributed by atoms with E-state index < -0.39 is 29.4 Å². The number of thioether (sulfide) groups is 2. The second kappa shape index (κ2) is 13.5. The van der Waals surface area contributed by atoms with Gasteiger partial charge in [0.1, 0.15) is 29.0 Å². The molecule has 2 atom stereocenters. The molecule has 2 unspecified atom stereocenters. The summed E-state index contributed by atoms with van der Waals surface area (Å²) >= 11 is 1.27. The predicted octanol–water partition coefficient (Wildman–Crippen LogP) is 6.90. The summed E-state index contributed by atoms with van der Waals surface area (Å²) in [6.45, 7) is 5.41. The molecule has 1 aromatic carbocycles. The maximum Gasteiger partial charge on any atom is 0.446 e. The van der Waals surface area contributed by atoms with Gasteiger partial charge >= 0.3 is 11.6 Å². The molecule has 1 saturated heterocycles. The van der Waals surface area contributed by atoms with Gasteiger partial charge < -0.3 is 25.0 Å². The van der Waals surface area contributed by atoms with Gasteiger partial charge in [0, 0.05) is 11.4 Å².